The Labute approximate surface area is 147 Å². The predicted molar refractivity (Wildman–Crippen MR) is 97.0 cm³/mol. The van der Waals surface area contributed by atoms with Gasteiger partial charge in [0.25, 0.3) is 0 Å². The van der Waals surface area contributed by atoms with Gasteiger partial charge in [0, 0.05) is 10.6 Å². The third-order valence-corrected chi connectivity index (χ3v) is 4.18. The fourth-order valence-electron chi connectivity index (χ4n) is 2.67. The molecule has 0 fully saturated rings. The van der Waals surface area contributed by atoms with Gasteiger partial charge in [0.1, 0.15) is 11.4 Å². The van der Waals surface area contributed by atoms with Crippen LogP contribution in [0.4, 0.5) is 0 Å². The maximum atomic E-state index is 6.01. The second kappa shape index (κ2) is 7.49. The van der Waals surface area contributed by atoms with Crippen LogP contribution in [0.1, 0.15) is 25.5 Å². The van der Waals surface area contributed by atoms with Crippen molar-refractivity contribution in [1.29, 1.82) is 0 Å². The number of ether oxygens (including phenoxy) is 1. The summed E-state index contributed by atoms with van der Waals surface area (Å²) >= 11 is 6.01. The molecule has 0 amide bonds. The van der Waals surface area contributed by atoms with Gasteiger partial charge in [0.15, 0.2) is 0 Å². The number of halogens is 1. The van der Waals surface area contributed by atoms with Crippen molar-refractivity contribution in [3.8, 4) is 22.6 Å². The second-order valence-corrected chi connectivity index (χ2v) is 6.06. The van der Waals surface area contributed by atoms with Crippen LogP contribution in [0, 0.1) is 0 Å². The molecule has 0 unspecified atom stereocenters. The van der Waals surface area contributed by atoms with Crippen LogP contribution < -0.4 is 4.74 Å². The first-order valence-electron chi connectivity index (χ1n) is 8.07. The standard InChI is InChI=1S/C19H20ClN3O/c1-3-4-6-16-13-23(22-21-16)19-17(7-5-8-18(19)24-2)14-9-11-15(20)12-10-14/h5,7-13H,3-4,6H2,1-2H3. The highest BCUT2D eigenvalue weighted by Gasteiger charge is 2.15. The van der Waals surface area contributed by atoms with Gasteiger partial charge in [-0.3, -0.25) is 0 Å². The Balaban J connectivity index is 2.08. The van der Waals surface area contributed by atoms with Crippen LogP contribution in [0.5, 0.6) is 5.75 Å². The third kappa shape index (κ3) is 3.44. The number of hydrogen-bond donors (Lipinski definition) is 0. The van der Waals surface area contributed by atoms with E-state index in [9.17, 15) is 0 Å². The molecule has 124 valence electrons. The minimum Gasteiger partial charge on any atom is -0.494 e. The zero-order valence-corrected chi connectivity index (χ0v) is 14.6. The van der Waals surface area contributed by atoms with Gasteiger partial charge in [0.2, 0.25) is 0 Å². The number of aromatic nitrogens is 3. The van der Waals surface area contributed by atoms with E-state index in [1.54, 1.807) is 11.8 Å². The molecule has 0 atom stereocenters. The van der Waals surface area contributed by atoms with Gasteiger partial charge in [0.05, 0.1) is 19.0 Å². The van der Waals surface area contributed by atoms with E-state index < -0.39 is 0 Å². The highest BCUT2D eigenvalue weighted by atomic mass is 35.5. The zero-order valence-electron chi connectivity index (χ0n) is 13.9. The lowest BCUT2D eigenvalue weighted by Crippen LogP contribution is -2.01. The number of nitrogens with zero attached hydrogens (tertiary/aromatic N) is 3. The summed E-state index contributed by atoms with van der Waals surface area (Å²) in [4.78, 5) is 0. The van der Waals surface area contributed by atoms with Gasteiger partial charge in [-0.05, 0) is 36.6 Å². The molecule has 1 aromatic heterocycles. The molecule has 0 spiro atoms. The minimum absolute atomic E-state index is 0.714. The number of benzene rings is 2. The molecule has 0 aliphatic carbocycles. The van der Waals surface area contributed by atoms with E-state index >= 15 is 0 Å². The molecule has 0 radical (unpaired) electrons. The van der Waals surface area contributed by atoms with E-state index in [0.29, 0.717) is 5.02 Å². The quantitative estimate of drug-likeness (QED) is 0.637. The maximum absolute atomic E-state index is 6.01. The molecule has 3 aromatic rings. The van der Waals surface area contributed by atoms with Gasteiger partial charge < -0.3 is 4.74 Å². The molecule has 5 heteroatoms. The topological polar surface area (TPSA) is 39.9 Å². The first-order valence-corrected chi connectivity index (χ1v) is 8.45. The Morgan fingerprint density at radius 2 is 1.92 bits per heavy atom. The van der Waals surface area contributed by atoms with Crippen molar-refractivity contribution in [2.75, 3.05) is 7.11 Å². The Hall–Kier alpha value is -2.33. The second-order valence-electron chi connectivity index (χ2n) is 5.62. The van der Waals surface area contributed by atoms with Crippen LogP contribution >= 0.6 is 11.6 Å². The number of methoxy groups -OCH3 is 1. The molecule has 24 heavy (non-hydrogen) atoms. The molecule has 0 saturated carbocycles. The lowest BCUT2D eigenvalue weighted by molar-refractivity contribution is 0.411. The molecule has 0 aliphatic heterocycles. The van der Waals surface area contributed by atoms with Gasteiger partial charge in [-0.2, -0.15) is 0 Å². The number of rotatable bonds is 6. The normalized spacial score (nSPS) is 10.8. The largest absolute Gasteiger partial charge is 0.494 e. The number of hydrogen-bond acceptors (Lipinski definition) is 3. The summed E-state index contributed by atoms with van der Waals surface area (Å²) in [6.45, 7) is 2.17. The van der Waals surface area contributed by atoms with Gasteiger partial charge in [-0.15, -0.1) is 5.10 Å². The highest BCUT2D eigenvalue weighted by molar-refractivity contribution is 6.30. The molecule has 0 saturated heterocycles. The monoisotopic (exact) mass is 341 g/mol. The van der Waals surface area contributed by atoms with Crippen LogP contribution in [0.25, 0.3) is 16.8 Å². The van der Waals surface area contributed by atoms with E-state index in [-0.39, 0.29) is 0 Å². The number of unbranched alkanes of at least 4 members (excludes halogenated alkanes) is 1. The first-order chi connectivity index (χ1) is 11.7. The SMILES string of the molecule is CCCCc1cn(-c2c(OC)cccc2-c2ccc(Cl)cc2)nn1. The molecule has 4 nitrogen and oxygen atoms in total. The minimum atomic E-state index is 0.714. The van der Waals surface area contributed by atoms with Gasteiger partial charge in [-0.1, -0.05) is 54.4 Å². The van der Waals surface area contributed by atoms with Gasteiger partial charge in [-0.25, -0.2) is 4.68 Å². The van der Waals surface area contributed by atoms with Crippen molar-refractivity contribution in [2.45, 2.75) is 26.2 Å². The summed E-state index contributed by atoms with van der Waals surface area (Å²) in [5.74, 6) is 0.759. The molecule has 2 aromatic carbocycles. The lowest BCUT2D eigenvalue weighted by atomic mass is 10.0. The Kier molecular flexibility index (Phi) is 5.16. The van der Waals surface area contributed by atoms with E-state index in [0.717, 1.165) is 47.5 Å². The van der Waals surface area contributed by atoms with E-state index in [2.05, 4.69) is 23.3 Å². The fraction of sp³-hybridized carbons (Fsp3) is 0.263. The predicted octanol–water partition coefficient (Wildman–Crippen LogP) is 4.94. The summed E-state index contributed by atoms with van der Waals surface area (Å²) in [5, 5.41) is 9.32. The summed E-state index contributed by atoms with van der Waals surface area (Å²) in [6, 6.07) is 13.7. The lowest BCUT2D eigenvalue weighted by Gasteiger charge is -2.13. The van der Waals surface area contributed by atoms with Crippen LogP contribution in [0.15, 0.2) is 48.7 Å². The summed E-state index contributed by atoms with van der Waals surface area (Å²) in [6.07, 6.45) is 5.15. The van der Waals surface area contributed by atoms with Crippen molar-refractivity contribution in [3.05, 3.63) is 59.4 Å². The molecule has 0 N–H and O–H groups in total. The number of para-hydroxylation sites is 1. The van der Waals surface area contributed by atoms with Crippen LogP contribution in [0.3, 0.4) is 0 Å². The average molecular weight is 342 g/mol. The Bertz CT molecular complexity index is 812. The van der Waals surface area contributed by atoms with Crippen LogP contribution in [0.2, 0.25) is 5.02 Å². The van der Waals surface area contributed by atoms with E-state index in [1.807, 2.05) is 42.6 Å². The molecular weight excluding hydrogens is 322 g/mol. The molecule has 0 aliphatic rings. The molecule has 3 rings (SSSR count). The summed E-state index contributed by atoms with van der Waals surface area (Å²) in [5.41, 5.74) is 3.96. The summed E-state index contributed by atoms with van der Waals surface area (Å²) in [7, 11) is 1.67. The zero-order chi connectivity index (χ0) is 16.9. The summed E-state index contributed by atoms with van der Waals surface area (Å²) < 4.78 is 7.36. The van der Waals surface area contributed by atoms with Crippen molar-refractivity contribution < 1.29 is 4.74 Å². The van der Waals surface area contributed by atoms with E-state index in [4.69, 9.17) is 16.3 Å². The van der Waals surface area contributed by atoms with Crippen LogP contribution in [-0.4, -0.2) is 22.1 Å². The number of aryl methyl sites for hydroxylation is 1. The molecular formula is C19H20ClN3O. The fourth-order valence-corrected chi connectivity index (χ4v) is 2.79. The molecule has 0 bridgehead atoms. The van der Waals surface area contributed by atoms with Crippen molar-refractivity contribution >= 4 is 11.6 Å². The van der Waals surface area contributed by atoms with Crippen molar-refractivity contribution in [1.82, 2.24) is 15.0 Å². The van der Waals surface area contributed by atoms with Crippen molar-refractivity contribution in [2.24, 2.45) is 0 Å². The highest BCUT2D eigenvalue weighted by Crippen LogP contribution is 2.34. The average Bonchev–Trinajstić information content (AvgIpc) is 3.08. The first kappa shape index (κ1) is 16.5. The van der Waals surface area contributed by atoms with Crippen molar-refractivity contribution in [3.63, 3.8) is 0 Å². The van der Waals surface area contributed by atoms with Gasteiger partial charge >= 0.3 is 0 Å². The third-order valence-electron chi connectivity index (χ3n) is 3.93. The smallest absolute Gasteiger partial charge is 0.145 e. The molecule has 1 heterocycles. The van der Waals surface area contributed by atoms with E-state index in [1.165, 1.54) is 0 Å². The Morgan fingerprint density at radius 3 is 2.62 bits per heavy atom. The Morgan fingerprint density at radius 1 is 1.12 bits per heavy atom. The maximum Gasteiger partial charge on any atom is 0.145 e. The van der Waals surface area contributed by atoms with Crippen LogP contribution in [-0.2, 0) is 6.42 Å².